The first-order valence-electron chi connectivity index (χ1n) is 6.69. The van der Waals surface area contributed by atoms with Crippen molar-refractivity contribution >= 4 is 11.9 Å². The van der Waals surface area contributed by atoms with Gasteiger partial charge in [0.2, 0.25) is 0 Å². The van der Waals surface area contributed by atoms with Gasteiger partial charge in [-0.05, 0) is 49.4 Å². The maximum Gasteiger partial charge on any atom is 0.303 e. The molecule has 3 N–H and O–H groups in total. The van der Waals surface area contributed by atoms with E-state index in [0.29, 0.717) is 24.1 Å². The van der Waals surface area contributed by atoms with Gasteiger partial charge in [0.25, 0.3) is 5.91 Å². The number of carbonyl (C=O) groups excluding carboxylic acids is 1. The van der Waals surface area contributed by atoms with E-state index >= 15 is 0 Å². The molecular formula is C15H21NO4. The molecule has 0 aromatic heterocycles. The highest BCUT2D eigenvalue weighted by atomic mass is 16.4. The predicted molar refractivity (Wildman–Crippen MR) is 75.8 cm³/mol. The van der Waals surface area contributed by atoms with Crippen LogP contribution in [0.3, 0.4) is 0 Å². The van der Waals surface area contributed by atoms with E-state index in [1.807, 2.05) is 6.92 Å². The normalized spacial score (nSPS) is 11.9. The molecule has 1 unspecified atom stereocenters. The number of carboxylic acids is 1. The average Bonchev–Trinajstić information content (AvgIpc) is 2.39. The van der Waals surface area contributed by atoms with Crippen molar-refractivity contribution in [3.05, 3.63) is 29.3 Å². The van der Waals surface area contributed by atoms with Crippen LogP contribution in [0.1, 0.15) is 42.1 Å². The fourth-order valence-corrected chi connectivity index (χ4v) is 1.85. The number of aliphatic carboxylic acids is 1. The summed E-state index contributed by atoms with van der Waals surface area (Å²) >= 11 is 0. The molecule has 1 aromatic carbocycles. The molecule has 0 bridgehead atoms. The van der Waals surface area contributed by atoms with Crippen molar-refractivity contribution in [1.82, 2.24) is 5.32 Å². The van der Waals surface area contributed by atoms with Crippen LogP contribution in [-0.4, -0.2) is 28.6 Å². The largest absolute Gasteiger partial charge is 0.508 e. The van der Waals surface area contributed by atoms with E-state index in [-0.39, 0.29) is 24.0 Å². The van der Waals surface area contributed by atoms with E-state index in [4.69, 9.17) is 5.11 Å². The van der Waals surface area contributed by atoms with Gasteiger partial charge in [-0.1, -0.05) is 6.92 Å². The van der Waals surface area contributed by atoms with Gasteiger partial charge >= 0.3 is 5.97 Å². The lowest BCUT2D eigenvalue weighted by molar-refractivity contribution is -0.137. The molecule has 5 heteroatoms. The molecule has 110 valence electrons. The number of hydrogen-bond acceptors (Lipinski definition) is 3. The number of phenols is 1. The second-order valence-electron chi connectivity index (χ2n) is 5.08. The molecule has 1 rings (SSSR count). The summed E-state index contributed by atoms with van der Waals surface area (Å²) in [6.07, 6.45) is 1.52. The molecule has 0 saturated carbocycles. The zero-order valence-corrected chi connectivity index (χ0v) is 11.8. The third-order valence-corrected chi connectivity index (χ3v) is 3.23. The van der Waals surface area contributed by atoms with Crippen molar-refractivity contribution in [2.45, 2.75) is 33.1 Å². The summed E-state index contributed by atoms with van der Waals surface area (Å²) in [6, 6.07) is 4.71. The molecule has 0 fully saturated rings. The Morgan fingerprint density at radius 1 is 1.30 bits per heavy atom. The Hall–Kier alpha value is -2.04. The summed E-state index contributed by atoms with van der Waals surface area (Å²) in [5.74, 6) is -0.546. The van der Waals surface area contributed by atoms with Gasteiger partial charge < -0.3 is 15.5 Å². The lowest BCUT2D eigenvalue weighted by Crippen LogP contribution is -2.25. The van der Waals surface area contributed by atoms with Gasteiger partial charge in [-0.2, -0.15) is 0 Å². The Balaban J connectivity index is 2.36. The molecule has 1 amide bonds. The lowest BCUT2D eigenvalue weighted by Gasteiger charge is -2.11. The van der Waals surface area contributed by atoms with Crippen molar-refractivity contribution < 1.29 is 19.8 Å². The Bertz CT molecular complexity index is 485. The zero-order valence-electron chi connectivity index (χ0n) is 11.8. The van der Waals surface area contributed by atoms with Crippen molar-refractivity contribution in [3.63, 3.8) is 0 Å². The number of rotatable bonds is 7. The molecule has 0 radical (unpaired) electrons. The van der Waals surface area contributed by atoms with Gasteiger partial charge in [-0.3, -0.25) is 9.59 Å². The van der Waals surface area contributed by atoms with Crippen LogP contribution < -0.4 is 5.32 Å². The first-order chi connectivity index (χ1) is 9.40. The molecule has 0 aliphatic heterocycles. The predicted octanol–water partition coefficient (Wildman–Crippen LogP) is 2.32. The maximum atomic E-state index is 11.9. The minimum absolute atomic E-state index is 0.159. The Morgan fingerprint density at radius 2 is 2.00 bits per heavy atom. The third-order valence-electron chi connectivity index (χ3n) is 3.23. The molecular weight excluding hydrogens is 258 g/mol. The number of aryl methyl sites for hydroxylation is 1. The first kappa shape index (κ1) is 16.0. The number of phenolic OH excluding ortho intramolecular Hbond substituents is 1. The monoisotopic (exact) mass is 279 g/mol. The van der Waals surface area contributed by atoms with Crippen LogP contribution in [0.25, 0.3) is 0 Å². The number of nitrogens with one attached hydrogen (secondary N) is 1. The summed E-state index contributed by atoms with van der Waals surface area (Å²) in [7, 11) is 0. The highest BCUT2D eigenvalue weighted by molar-refractivity contribution is 5.94. The smallest absolute Gasteiger partial charge is 0.303 e. The highest BCUT2D eigenvalue weighted by Gasteiger charge is 2.09. The average molecular weight is 279 g/mol. The van der Waals surface area contributed by atoms with Gasteiger partial charge in [-0.15, -0.1) is 0 Å². The van der Waals surface area contributed by atoms with Crippen LogP contribution >= 0.6 is 0 Å². The Kier molecular flexibility index (Phi) is 6.03. The van der Waals surface area contributed by atoms with E-state index in [2.05, 4.69) is 5.32 Å². The fourth-order valence-electron chi connectivity index (χ4n) is 1.85. The number of aromatic hydroxyl groups is 1. The molecule has 0 saturated heterocycles. The lowest BCUT2D eigenvalue weighted by atomic mass is 10.0. The van der Waals surface area contributed by atoms with E-state index < -0.39 is 5.97 Å². The first-order valence-corrected chi connectivity index (χ1v) is 6.69. The highest BCUT2D eigenvalue weighted by Crippen LogP contribution is 2.17. The van der Waals surface area contributed by atoms with Crippen molar-refractivity contribution in [2.24, 2.45) is 5.92 Å². The third kappa shape index (κ3) is 5.30. The number of benzene rings is 1. The van der Waals surface area contributed by atoms with Crippen LogP contribution in [0.2, 0.25) is 0 Å². The van der Waals surface area contributed by atoms with E-state index in [1.165, 1.54) is 6.07 Å². The standard InChI is InChI=1S/C15H21NO4/c1-10(3-6-14(18)19)7-8-16-15(20)12-4-5-13(17)11(2)9-12/h4-5,9-10,17H,3,6-8H2,1-2H3,(H,16,20)(H,18,19). The minimum Gasteiger partial charge on any atom is -0.508 e. The molecule has 0 aliphatic rings. The molecule has 1 atom stereocenters. The van der Waals surface area contributed by atoms with Gasteiger partial charge in [-0.25, -0.2) is 0 Å². The summed E-state index contributed by atoms with van der Waals surface area (Å²) in [4.78, 5) is 22.3. The van der Waals surface area contributed by atoms with E-state index in [1.54, 1.807) is 19.1 Å². The van der Waals surface area contributed by atoms with Crippen molar-refractivity contribution in [2.75, 3.05) is 6.54 Å². The number of hydrogen-bond donors (Lipinski definition) is 3. The zero-order chi connectivity index (χ0) is 15.1. The van der Waals surface area contributed by atoms with Crippen LogP contribution in [0.5, 0.6) is 5.75 Å². The quantitative estimate of drug-likeness (QED) is 0.715. The summed E-state index contributed by atoms with van der Waals surface area (Å²) in [6.45, 7) is 4.22. The van der Waals surface area contributed by atoms with Crippen molar-refractivity contribution in [1.29, 1.82) is 0 Å². The fraction of sp³-hybridized carbons (Fsp3) is 0.467. The summed E-state index contributed by atoms with van der Waals surface area (Å²) in [5, 5.41) is 20.8. The molecule has 20 heavy (non-hydrogen) atoms. The van der Waals surface area contributed by atoms with Crippen LogP contribution in [0.4, 0.5) is 0 Å². The molecule has 5 nitrogen and oxygen atoms in total. The van der Waals surface area contributed by atoms with Crippen LogP contribution in [0, 0.1) is 12.8 Å². The molecule has 0 spiro atoms. The summed E-state index contributed by atoms with van der Waals surface area (Å²) in [5.41, 5.74) is 1.17. The Morgan fingerprint density at radius 3 is 2.60 bits per heavy atom. The minimum atomic E-state index is -0.791. The summed E-state index contributed by atoms with van der Waals surface area (Å²) < 4.78 is 0. The maximum absolute atomic E-state index is 11.9. The van der Waals surface area contributed by atoms with Crippen LogP contribution in [0.15, 0.2) is 18.2 Å². The van der Waals surface area contributed by atoms with E-state index in [0.717, 1.165) is 6.42 Å². The van der Waals surface area contributed by atoms with Gasteiger partial charge in [0, 0.05) is 18.5 Å². The van der Waals surface area contributed by atoms with Gasteiger partial charge in [0.15, 0.2) is 0 Å². The van der Waals surface area contributed by atoms with Gasteiger partial charge in [0.05, 0.1) is 0 Å². The Labute approximate surface area is 118 Å². The topological polar surface area (TPSA) is 86.6 Å². The van der Waals surface area contributed by atoms with Crippen molar-refractivity contribution in [3.8, 4) is 5.75 Å². The van der Waals surface area contributed by atoms with Gasteiger partial charge in [0.1, 0.15) is 5.75 Å². The molecule has 0 aliphatic carbocycles. The number of carbonyl (C=O) groups is 2. The number of carboxylic acid groups (broad SMARTS) is 1. The van der Waals surface area contributed by atoms with Crippen LogP contribution in [-0.2, 0) is 4.79 Å². The number of amides is 1. The van der Waals surface area contributed by atoms with E-state index in [9.17, 15) is 14.7 Å². The molecule has 1 aromatic rings. The SMILES string of the molecule is Cc1cc(C(=O)NCCC(C)CCC(=O)O)ccc1O. The second-order valence-corrected chi connectivity index (χ2v) is 5.08. The molecule has 0 heterocycles. The second kappa shape index (κ2) is 7.53.